The Morgan fingerprint density at radius 2 is 2.06 bits per heavy atom. The van der Waals surface area contributed by atoms with Gasteiger partial charge in [-0.25, -0.2) is 0 Å². The lowest BCUT2D eigenvalue weighted by atomic mass is 10.0. The van der Waals surface area contributed by atoms with E-state index in [0.717, 1.165) is 18.6 Å². The van der Waals surface area contributed by atoms with Crippen molar-refractivity contribution in [1.82, 2.24) is 0 Å². The van der Waals surface area contributed by atoms with Crippen LogP contribution in [-0.2, 0) is 11.2 Å². The Bertz CT molecular complexity index is 315. The standard InChI is InChI=1S/C13H21NO2/c1-10(15-2)7-12(14)8-11-5-4-6-13(9-11)16-3/h4-6,9-10,12H,7-8,14H2,1-3H3. The second-order valence-electron chi connectivity index (χ2n) is 4.10. The van der Waals surface area contributed by atoms with E-state index in [4.69, 9.17) is 15.2 Å². The van der Waals surface area contributed by atoms with Crippen molar-refractivity contribution in [3.8, 4) is 5.75 Å². The first-order valence-electron chi connectivity index (χ1n) is 5.57. The van der Waals surface area contributed by atoms with Gasteiger partial charge in [-0.05, 0) is 37.5 Å². The van der Waals surface area contributed by atoms with Gasteiger partial charge in [-0.1, -0.05) is 12.1 Å². The van der Waals surface area contributed by atoms with E-state index in [1.807, 2.05) is 25.1 Å². The summed E-state index contributed by atoms with van der Waals surface area (Å²) in [5, 5.41) is 0. The van der Waals surface area contributed by atoms with Gasteiger partial charge in [-0.3, -0.25) is 0 Å². The van der Waals surface area contributed by atoms with Crippen molar-refractivity contribution < 1.29 is 9.47 Å². The zero-order valence-corrected chi connectivity index (χ0v) is 10.3. The van der Waals surface area contributed by atoms with Gasteiger partial charge < -0.3 is 15.2 Å². The third-order valence-electron chi connectivity index (χ3n) is 2.67. The second-order valence-corrected chi connectivity index (χ2v) is 4.10. The van der Waals surface area contributed by atoms with Crippen LogP contribution in [0.15, 0.2) is 24.3 Å². The van der Waals surface area contributed by atoms with Crippen LogP contribution in [0.4, 0.5) is 0 Å². The Morgan fingerprint density at radius 1 is 1.31 bits per heavy atom. The lowest BCUT2D eigenvalue weighted by Crippen LogP contribution is -2.27. The minimum atomic E-state index is 0.127. The molecule has 1 rings (SSSR count). The highest BCUT2D eigenvalue weighted by Crippen LogP contribution is 2.14. The van der Waals surface area contributed by atoms with Gasteiger partial charge >= 0.3 is 0 Å². The van der Waals surface area contributed by atoms with E-state index in [1.54, 1.807) is 14.2 Å². The van der Waals surface area contributed by atoms with Crippen LogP contribution in [0.5, 0.6) is 5.75 Å². The molecular weight excluding hydrogens is 202 g/mol. The molecule has 0 saturated heterocycles. The lowest BCUT2D eigenvalue weighted by molar-refractivity contribution is 0.104. The summed E-state index contributed by atoms with van der Waals surface area (Å²) in [5.74, 6) is 0.879. The van der Waals surface area contributed by atoms with E-state index < -0.39 is 0 Å². The molecule has 0 aliphatic heterocycles. The number of rotatable bonds is 6. The molecule has 2 N–H and O–H groups in total. The number of hydrogen-bond acceptors (Lipinski definition) is 3. The minimum Gasteiger partial charge on any atom is -0.497 e. The summed E-state index contributed by atoms with van der Waals surface area (Å²) in [4.78, 5) is 0. The highest BCUT2D eigenvalue weighted by molar-refractivity contribution is 5.28. The maximum absolute atomic E-state index is 6.05. The zero-order chi connectivity index (χ0) is 12.0. The van der Waals surface area contributed by atoms with Crippen LogP contribution in [0.25, 0.3) is 0 Å². The predicted octanol–water partition coefficient (Wildman–Crippen LogP) is 1.99. The molecule has 1 aromatic rings. The van der Waals surface area contributed by atoms with E-state index in [2.05, 4.69) is 6.07 Å². The number of ether oxygens (including phenoxy) is 2. The SMILES string of the molecule is COc1cccc(CC(N)CC(C)OC)c1. The molecule has 0 saturated carbocycles. The molecule has 0 amide bonds. The van der Waals surface area contributed by atoms with Gasteiger partial charge in [0.25, 0.3) is 0 Å². The summed E-state index contributed by atoms with van der Waals surface area (Å²) >= 11 is 0. The average molecular weight is 223 g/mol. The van der Waals surface area contributed by atoms with Crippen molar-refractivity contribution in [2.45, 2.75) is 31.9 Å². The highest BCUT2D eigenvalue weighted by Gasteiger charge is 2.09. The summed E-state index contributed by atoms with van der Waals surface area (Å²) in [6.07, 6.45) is 1.93. The predicted molar refractivity (Wildman–Crippen MR) is 65.8 cm³/mol. The number of benzene rings is 1. The Hall–Kier alpha value is -1.06. The molecule has 2 atom stereocenters. The molecule has 3 nitrogen and oxygen atoms in total. The molecule has 0 aliphatic carbocycles. The van der Waals surface area contributed by atoms with Crippen LogP contribution < -0.4 is 10.5 Å². The molecule has 3 heteroatoms. The highest BCUT2D eigenvalue weighted by atomic mass is 16.5. The molecule has 2 unspecified atom stereocenters. The molecule has 0 bridgehead atoms. The molecule has 0 aliphatic rings. The van der Waals surface area contributed by atoms with Crippen molar-refractivity contribution >= 4 is 0 Å². The summed E-state index contributed by atoms with van der Waals surface area (Å²) in [6, 6.07) is 8.15. The summed E-state index contributed by atoms with van der Waals surface area (Å²) < 4.78 is 10.4. The molecule has 0 fully saturated rings. The maximum Gasteiger partial charge on any atom is 0.119 e. The van der Waals surface area contributed by atoms with E-state index in [0.29, 0.717) is 0 Å². The largest absolute Gasteiger partial charge is 0.497 e. The van der Waals surface area contributed by atoms with Crippen LogP contribution in [0, 0.1) is 0 Å². The Labute approximate surface area is 97.6 Å². The molecule has 0 spiro atoms. The van der Waals surface area contributed by atoms with Crippen molar-refractivity contribution in [2.75, 3.05) is 14.2 Å². The van der Waals surface area contributed by atoms with Crippen molar-refractivity contribution in [3.05, 3.63) is 29.8 Å². The Balaban J connectivity index is 2.51. The van der Waals surface area contributed by atoms with E-state index in [-0.39, 0.29) is 12.1 Å². The molecule has 1 aromatic carbocycles. The van der Waals surface area contributed by atoms with E-state index in [1.165, 1.54) is 5.56 Å². The molecule has 0 heterocycles. The monoisotopic (exact) mass is 223 g/mol. The Morgan fingerprint density at radius 3 is 2.69 bits per heavy atom. The van der Waals surface area contributed by atoms with Crippen LogP contribution >= 0.6 is 0 Å². The molecule has 0 aromatic heterocycles. The van der Waals surface area contributed by atoms with Gasteiger partial charge in [-0.2, -0.15) is 0 Å². The third kappa shape index (κ3) is 4.21. The molecule has 0 radical (unpaired) electrons. The van der Waals surface area contributed by atoms with Crippen molar-refractivity contribution in [3.63, 3.8) is 0 Å². The average Bonchev–Trinajstić information content (AvgIpc) is 2.28. The van der Waals surface area contributed by atoms with Crippen LogP contribution in [0.2, 0.25) is 0 Å². The lowest BCUT2D eigenvalue weighted by Gasteiger charge is -2.16. The van der Waals surface area contributed by atoms with Gasteiger partial charge in [0.1, 0.15) is 5.75 Å². The maximum atomic E-state index is 6.05. The molecular formula is C13H21NO2. The fourth-order valence-corrected chi connectivity index (χ4v) is 1.71. The number of hydrogen-bond donors (Lipinski definition) is 1. The summed E-state index contributed by atoms with van der Waals surface area (Å²) in [5.41, 5.74) is 7.26. The summed E-state index contributed by atoms with van der Waals surface area (Å²) in [6.45, 7) is 2.03. The first-order valence-corrected chi connectivity index (χ1v) is 5.57. The number of nitrogens with two attached hydrogens (primary N) is 1. The van der Waals surface area contributed by atoms with Gasteiger partial charge in [0.2, 0.25) is 0 Å². The second kappa shape index (κ2) is 6.51. The van der Waals surface area contributed by atoms with E-state index >= 15 is 0 Å². The first kappa shape index (κ1) is 13.0. The smallest absolute Gasteiger partial charge is 0.119 e. The van der Waals surface area contributed by atoms with Crippen LogP contribution in [0.3, 0.4) is 0 Å². The topological polar surface area (TPSA) is 44.5 Å². The summed E-state index contributed by atoms with van der Waals surface area (Å²) in [7, 11) is 3.38. The number of methoxy groups -OCH3 is 2. The fourth-order valence-electron chi connectivity index (χ4n) is 1.71. The molecule has 16 heavy (non-hydrogen) atoms. The fraction of sp³-hybridized carbons (Fsp3) is 0.538. The molecule has 90 valence electrons. The van der Waals surface area contributed by atoms with Gasteiger partial charge in [0.05, 0.1) is 13.2 Å². The Kier molecular flexibility index (Phi) is 5.29. The zero-order valence-electron chi connectivity index (χ0n) is 10.3. The van der Waals surface area contributed by atoms with Gasteiger partial charge in [0, 0.05) is 13.2 Å². The minimum absolute atomic E-state index is 0.127. The third-order valence-corrected chi connectivity index (χ3v) is 2.67. The van der Waals surface area contributed by atoms with Gasteiger partial charge in [-0.15, -0.1) is 0 Å². The van der Waals surface area contributed by atoms with Crippen molar-refractivity contribution in [2.24, 2.45) is 5.73 Å². The van der Waals surface area contributed by atoms with Crippen LogP contribution in [-0.4, -0.2) is 26.4 Å². The first-order chi connectivity index (χ1) is 7.65. The van der Waals surface area contributed by atoms with E-state index in [9.17, 15) is 0 Å². The van der Waals surface area contributed by atoms with Crippen molar-refractivity contribution in [1.29, 1.82) is 0 Å². The van der Waals surface area contributed by atoms with Crippen LogP contribution in [0.1, 0.15) is 18.9 Å². The quantitative estimate of drug-likeness (QED) is 0.802. The normalized spacial score (nSPS) is 14.5. The van der Waals surface area contributed by atoms with Gasteiger partial charge in [0.15, 0.2) is 0 Å².